The van der Waals surface area contributed by atoms with E-state index < -0.39 is 9.84 Å². The molecule has 0 spiro atoms. The summed E-state index contributed by atoms with van der Waals surface area (Å²) in [5.41, 5.74) is 6.66. The summed E-state index contributed by atoms with van der Waals surface area (Å²) < 4.78 is 28.8. The molecule has 104 valence electrons. The van der Waals surface area contributed by atoms with E-state index in [0.29, 0.717) is 11.5 Å². The second-order valence-corrected chi connectivity index (χ2v) is 6.92. The van der Waals surface area contributed by atoms with Crippen molar-refractivity contribution in [3.8, 4) is 0 Å². The maximum absolute atomic E-state index is 11.6. The quantitative estimate of drug-likeness (QED) is 0.834. The second-order valence-electron chi connectivity index (χ2n) is 4.20. The first-order chi connectivity index (χ1) is 8.88. The van der Waals surface area contributed by atoms with E-state index in [1.54, 1.807) is 10.9 Å². The minimum Gasteiger partial charge on any atom is -0.382 e. The molecule has 0 aliphatic rings. The Morgan fingerprint density at radius 1 is 1.53 bits per heavy atom. The summed E-state index contributed by atoms with van der Waals surface area (Å²) in [6.45, 7) is 0.593. The van der Waals surface area contributed by atoms with E-state index in [-0.39, 0.29) is 10.7 Å². The van der Waals surface area contributed by atoms with Crippen LogP contribution in [0, 0.1) is 0 Å². The van der Waals surface area contributed by atoms with E-state index in [1.807, 2.05) is 13.2 Å². The Morgan fingerprint density at radius 3 is 2.84 bits per heavy atom. The average Bonchev–Trinajstić information content (AvgIpc) is 2.85. The van der Waals surface area contributed by atoms with Crippen molar-refractivity contribution in [1.29, 1.82) is 0 Å². The van der Waals surface area contributed by atoms with Crippen LogP contribution in [0.3, 0.4) is 0 Å². The molecule has 9 heteroatoms. The molecule has 2 aromatic heterocycles. The molecule has 2 aromatic rings. The van der Waals surface area contributed by atoms with E-state index in [4.69, 9.17) is 5.73 Å². The number of aromatic nitrogens is 3. The Bertz CT molecular complexity index is 674. The van der Waals surface area contributed by atoms with Crippen molar-refractivity contribution >= 4 is 32.2 Å². The fourth-order valence-corrected chi connectivity index (χ4v) is 3.78. The summed E-state index contributed by atoms with van der Waals surface area (Å²) in [5.74, 6) is 0.0522. The monoisotopic (exact) mass is 301 g/mol. The van der Waals surface area contributed by atoms with Gasteiger partial charge in [0.25, 0.3) is 0 Å². The van der Waals surface area contributed by atoms with Gasteiger partial charge in [-0.2, -0.15) is 9.47 Å². The third kappa shape index (κ3) is 3.24. The van der Waals surface area contributed by atoms with E-state index in [2.05, 4.69) is 14.8 Å². The normalized spacial score (nSPS) is 11.7. The fourth-order valence-electron chi connectivity index (χ4n) is 1.69. The molecular weight excluding hydrogens is 286 g/mol. The van der Waals surface area contributed by atoms with Crippen LogP contribution in [0.25, 0.3) is 0 Å². The summed E-state index contributed by atoms with van der Waals surface area (Å²) in [7, 11) is -1.52. The fraction of sp³-hybridized carbons (Fsp3) is 0.400. The van der Waals surface area contributed by atoms with E-state index >= 15 is 0 Å². The molecule has 2 rings (SSSR count). The maximum Gasteiger partial charge on any atom is 0.182 e. The lowest BCUT2D eigenvalue weighted by Crippen LogP contribution is -2.08. The number of nitrogens with one attached hydrogen (secondary N) is 1. The van der Waals surface area contributed by atoms with Crippen LogP contribution in [0.5, 0.6) is 0 Å². The molecule has 0 amide bonds. The molecule has 0 aromatic carbocycles. The summed E-state index contributed by atoms with van der Waals surface area (Å²) in [6, 6.07) is 0. The highest BCUT2D eigenvalue weighted by Crippen LogP contribution is 2.31. The van der Waals surface area contributed by atoms with Crippen molar-refractivity contribution in [2.75, 3.05) is 23.9 Å². The Labute approximate surface area is 115 Å². The third-order valence-electron chi connectivity index (χ3n) is 2.50. The zero-order valence-corrected chi connectivity index (χ0v) is 12.3. The van der Waals surface area contributed by atoms with Crippen LogP contribution in [-0.2, 0) is 23.3 Å². The molecule has 0 aliphatic heterocycles. The highest BCUT2D eigenvalue weighted by atomic mass is 32.2. The lowest BCUT2D eigenvalue weighted by Gasteiger charge is -2.04. The predicted octanol–water partition coefficient (Wildman–Crippen LogP) is 0.517. The molecule has 0 fully saturated rings. The Kier molecular flexibility index (Phi) is 3.76. The lowest BCUT2D eigenvalue weighted by molar-refractivity contribution is 0.602. The van der Waals surface area contributed by atoms with Crippen molar-refractivity contribution in [3.05, 3.63) is 18.0 Å². The van der Waals surface area contributed by atoms with Crippen molar-refractivity contribution in [3.63, 3.8) is 0 Å². The lowest BCUT2D eigenvalue weighted by atomic mass is 10.2. The van der Waals surface area contributed by atoms with Crippen molar-refractivity contribution in [1.82, 2.24) is 14.2 Å². The molecule has 0 unspecified atom stereocenters. The van der Waals surface area contributed by atoms with Gasteiger partial charge in [0.2, 0.25) is 0 Å². The SMILES string of the molecule is Cn1cc(CCNc2snc(N)c2S(C)(=O)=O)cn1. The van der Waals surface area contributed by atoms with Crippen molar-refractivity contribution < 1.29 is 8.42 Å². The van der Waals surface area contributed by atoms with Gasteiger partial charge in [-0.15, -0.1) is 0 Å². The smallest absolute Gasteiger partial charge is 0.182 e. The number of aryl methyl sites for hydroxylation is 1. The van der Waals surface area contributed by atoms with Crippen LogP contribution in [0.15, 0.2) is 17.3 Å². The third-order valence-corrected chi connectivity index (χ3v) is 4.61. The molecule has 19 heavy (non-hydrogen) atoms. The van der Waals surface area contributed by atoms with Gasteiger partial charge in [-0.05, 0) is 23.5 Å². The molecule has 0 atom stereocenters. The molecule has 0 saturated carbocycles. The van der Waals surface area contributed by atoms with Gasteiger partial charge in [-0.3, -0.25) is 4.68 Å². The molecule has 2 heterocycles. The summed E-state index contributed by atoms with van der Waals surface area (Å²) in [4.78, 5) is 0.0867. The number of rotatable bonds is 5. The predicted molar refractivity (Wildman–Crippen MR) is 75.0 cm³/mol. The van der Waals surface area contributed by atoms with Crippen molar-refractivity contribution in [2.24, 2.45) is 7.05 Å². The van der Waals surface area contributed by atoms with Gasteiger partial charge in [0.1, 0.15) is 9.90 Å². The number of hydrogen-bond acceptors (Lipinski definition) is 7. The van der Waals surface area contributed by atoms with Gasteiger partial charge in [-0.25, -0.2) is 8.42 Å². The van der Waals surface area contributed by atoms with Crippen LogP contribution in [0.4, 0.5) is 10.8 Å². The molecule has 0 radical (unpaired) electrons. The van der Waals surface area contributed by atoms with Gasteiger partial charge >= 0.3 is 0 Å². The van der Waals surface area contributed by atoms with Gasteiger partial charge in [0.05, 0.1) is 6.20 Å². The minimum absolute atomic E-state index is 0.0522. The van der Waals surface area contributed by atoms with E-state index in [0.717, 1.165) is 29.8 Å². The standard InChI is InChI=1S/C10H15N5O2S2/c1-15-6-7(5-13-15)3-4-12-10-8(19(2,16)17)9(11)14-18-10/h5-6,12H,3-4H2,1-2H3,(H2,11,14). The average molecular weight is 301 g/mol. The maximum atomic E-state index is 11.6. The highest BCUT2D eigenvalue weighted by Gasteiger charge is 2.20. The van der Waals surface area contributed by atoms with Gasteiger partial charge in [0.15, 0.2) is 15.7 Å². The molecule has 3 N–H and O–H groups in total. The van der Waals surface area contributed by atoms with Gasteiger partial charge in [0, 0.05) is 26.0 Å². The molecule has 7 nitrogen and oxygen atoms in total. The number of nitrogen functional groups attached to an aromatic ring is 1. The summed E-state index contributed by atoms with van der Waals surface area (Å²) in [5, 5.41) is 7.61. The number of nitrogens with two attached hydrogens (primary N) is 1. The Morgan fingerprint density at radius 2 is 2.26 bits per heavy atom. The number of nitrogens with zero attached hydrogens (tertiary/aromatic N) is 3. The Hall–Kier alpha value is -1.61. The molecular formula is C10H15N5O2S2. The van der Waals surface area contributed by atoms with Crippen LogP contribution in [0.2, 0.25) is 0 Å². The zero-order chi connectivity index (χ0) is 14.0. The molecule has 0 saturated heterocycles. The van der Waals surface area contributed by atoms with Crippen LogP contribution in [0.1, 0.15) is 5.56 Å². The zero-order valence-electron chi connectivity index (χ0n) is 10.6. The molecule has 0 bridgehead atoms. The Balaban J connectivity index is 2.04. The first-order valence-electron chi connectivity index (χ1n) is 5.54. The van der Waals surface area contributed by atoms with Crippen LogP contribution >= 0.6 is 11.5 Å². The largest absolute Gasteiger partial charge is 0.382 e. The van der Waals surface area contributed by atoms with E-state index in [9.17, 15) is 8.42 Å². The molecule has 0 aliphatic carbocycles. The van der Waals surface area contributed by atoms with Gasteiger partial charge in [-0.1, -0.05) is 0 Å². The number of hydrogen-bond donors (Lipinski definition) is 2. The summed E-state index contributed by atoms with van der Waals surface area (Å²) >= 11 is 1.06. The topological polar surface area (TPSA) is 103 Å². The highest BCUT2D eigenvalue weighted by molar-refractivity contribution is 7.91. The second kappa shape index (κ2) is 5.17. The minimum atomic E-state index is -3.37. The van der Waals surface area contributed by atoms with Crippen molar-refractivity contribution in [2.45, 2.75) is 11.3 Å². The first kappa shape index (κ1) is 13.8. The summed E-state index contributed by atoms with van der Waals surface area (Å²) in [6.07, 6.45) is 5.56. The first-order valence-corrected chi connectivity index (χ1v) is 8.21. The van der Waals surface area contributed by atoms with Gasteiger partial charge < -0.3 is 11.1 Å². The van der Waals surface area contributed by atoms with Crippen LogP contribution in [-0.4, -0.2) is 35.4 Å². The van der Waals surface area contributed by atoms with E-state index in [1.165, 1.54) is 0 Å². The van der Waals surface area contributed by atoms with Crippen LogP contribution < -0.4 is 11.1 Å². The number of sulfone groups is 1. The number of anilines is 2.